The van der Waals surface area contributed by atoms with Crippen molar-refractivity contribution in [2.45, 2.75) is 45.6 Å². The molecule has 0 unspecified atom stereocenters. The Bertz CT molecular complexity index is 1990. The number of nitrogen functional groups attached to an aromatic ring is 1. The number of aromatic nitrogens is 4. The third-order valence-corrected chi connectivity index (χ3v) is 10.2. The van der Waals surface area contributed by atoms with Crippen molar-refractivity contribution in [3.63, 3.8) is 0 Å². The van der Waals surface area contributed by atoms with Crippen LogP contribution in [0.5, 0.6) is 0 Å². The molecule has 2 aliphatic heterocycles. The van der Waals surface area contributed by atoms with Gasteiger partial charge in [0.1, 0.15) is 0 Å². The Hall–Kier alpha value is -4.94. The lowest BCUT2D eigenvalue weighted by atomic mass is 9.85. The highest BCUT2D eigenvalue weighted by Crippen LogP contribution is 2.39. The van der Waals surface area contributed by atoms with Crippen LogP contribution in [0.2, 0.25) is 0 Å². The lowest BCUT2D eigenvalue weighted by Gasteiger charge is -2.43. The van der Waals surface area contributed by atoms with Crippen LogP contribution in [-0.4, -0.2) is 70.1 Å². The van der Waals surface area contributed by atoms with Crippen molar-refractivity contribution in [2.75, 3.05) is 48.4 Å². The third-order valence-electron chi connectivity index (χ3n) is 9.05. The first-order chi connectivity index (χ1) is 23.2. The zero-order chi connectivity index (χ0) is 33.4. The molecule has 2 aromatic carbocycles. The molecule has 0 spiro atoms. The number of hydrogen-bond acceptors (Lipinski definition) is 10. The molecule has 5 heterocycles. The molecule has 2 aliphatic rings. The van der Waals surface area contributed by atoms with E-state index in [2.05, 4.69) is 76.5 Å². The summed E-state index contributed by atoms with van der Waals surface area (Å²) in [6, 6.07) is 16.7. The van der Waals surface area contributed by atoms with Gasteiger partial charge in [-0.25, -0.2) is 19.9 Å². The number of thiophene rings is 1. The van der Waals surface area contributed by atoms with E-state index in [1.54, 1.807) is 19.3 Å². The van der Waals surface area contributed by atoms with Crippen LogP contribution >= 0.6 is 11.3 Å². The fraction of sp³-hybridized carbons (Fsp3) is 0.333. The third kappa shape index (κ3) is 6.33. The van der Waals surface area contributed by atoms with E-state index < -0.39 is 0 Å². The number of nitrogens with two attached hydrogens (primary N) is 1. The molecule has 2 amide bonds. The Morgan fingerprint density at radius 3 is 2.44 bits per heavy atom. The topological polar surface area (TPSA) is 139 Å². The summed E-state index contributed by atoms with van der Waals surface area (Å²) in [6.07, 6.45) is 5.78. The van der Waals surface area contributed by atoms with E-state index in [1.807, 2.05) is 11.0 Å². The molecule has 0 radical (unpaired) electrons. The smallest absolute Gasteiger partial charge is 0.261 e. The number of amides is 2. The molecule has 0 saturated carbocycles. The van der Waals surface area contributed by atoms with Gasteiger partial charge in [-0.2, -0.15) is 0 Å². The fourth-order valence-corrected chi connectivity index (χ4v) is 7.56. The maximum absolute atomic E-state index is 13.3. The fourth-order valence-electron chi connectivity index (χ4n) is 6.53. The molecule has 0 bridgehead atoms. The van der Waals surface area contributed by atoms with E-state index in [0.717, 1.165) is 45.7 Å². The summed E-state index contributed by atoms with van der Waals surface area (Å²) in [5, 5.41) is 3.08. The van der Waals surface area contributed by atoms with Crippen LogP contribution in [0.4, 0.5) is 17.5 Å². The van der Waals surface area contributed by atoms with Gasteiger partial charge in [-0.05, 0) is 73.6 Å². The van der Waals surface area contributed by atoms with Crippen molar-refractivity contribution >= 4 is 50.8 Å². The second kappa shape index (κ2) is 12.9. The first-order valence-electron chi connectivity index (χ1n) is 16.2. The van der Waals surface area contributed by atoms with E-state index >= 15 is 0 Å². The minimum absolute atomic E-state index is 0.0722. The van der Waals surface area contributed by atoms with Crippen LogP contribution in [0, 0.1) is 0 Å². The zero-order valence-electron chi connectivity index (χ0n) is 27.3. The van der Waals surface area contributed by atoms with E-state index in [4.69, 9.17) is 20.4 Å². The SMILES string of the molecule is CC(=O)N1c2ccc(-c3ccc(CCNC(=O)c4cc5nc(-c6cnc(N)nc6)nc(N6CCOCC6)c5s4)cc3)cc2CCC1(C)C. The molecule has 3 N–H and O–H groups in total. The van der Waals surface area contributed by atoms with Crippen molar-refractivity contribution in [1.29, 1.82) is 0 Å². The number of nitrogens with one attached hydrogen (secondary N) is 1. The number of hydrogen-bond donors (Lipinski definition) is 2. The molecule has 11 nitrogen and oxygen atoms in total. The molecule has 0 atom stereocenters. The largest absolute Gasteiger partial charge is 0.378 e. The second-order valence-electron chi connectivity index (χ2n) is 12.8. The molecule has 1 saturated heterocycles. The Labute approximate surface area is 283 Å². The molecular weight excluding hydrogens is 625 g/mol. The molecular formula is C36H38N8O3S. The molecule has 246 valence electrons. The monoisotopic (exact) mass is 662 g/mol. The summed E-state index contributed by atoms with van der Waals surface area (Å²) in [5.74, 6) is 1.37. The van der Waals surface area contributed by atoms with Gasteiger partial charge in [0.2, 0.25) is 11.9 Å². The van der Waals surface area contributed by atoms with E-state index in [-0.39, 0.29) is 23.3 Å². The second-order valence-corrected chi connectivity index (χ2v) is 13.9. The summed E-state index contributed by atoms with van der Waals surface area (Å²) >= 11 is 1.40. The molecule has 0 aliphatic carbocycles. The van der Waals surface area contributed by atoms with Gasteiger partial charge in [-0.15, -0.1) is 11.3 Å². The van der Waals surface area contributed by atoms with Gasteiger partial charge < -0.3 is 25.6 Å². The van der Waals surface area contributed by atoms with Gasteiger partial charge in [0.25, 0.3) is 5.91 Å². The number of anilines is 3. The standard InChI is InChI=1S/C36H38N8O3S/c1-22(45)44-29-9-8-25(18-26(29)10-12-36(44,2)3)24-6-4-23(5-7-24)11-13-38-34(46)30-19-28-31(48-30)33(43-14-16-47-17-15-43)42-32(41-28)27-20-39-35(37)40-21-27/h4-9,18-21H,10-17H2,1-3H3,(H,38,46)(H2,37,39,40). The summed E-state index contributed by atoms with van der Waals surface area (Å²) < 4.78 is 6.42. The molecule has 12 heteroatoms. The Morgan fingerprint density at radius 1 is 0.979 bits per heavy atom. The molecule has 5 aromatic rings. The molecule has 48 heavy (non-hydrogen) atoms. The number of morpholine rings is 1. The minimum Gasteiger partial charge on any atom is -0.378 e. The van der Waals surface area contributed by atoms with Crippen LogP contribution in [0.3, 0.4) is 0 Å². The van der Waals surface area contributed by atoms with E-state index in [1.165, 1.54) is 16.9 Å². The molecule has 1 fully saturated rings. The van der Waals surface area contributed by atoms with Gasteiger partial charge in [0.05, 0.1) is 33.9 Å². The predicted octanol–water partition coefficient (Wildman–Crippen LogP) is 5.28. The maximum atomic E-state index is 13.3. The Morgan fingerprint density at radius 2 is 1.71 bits per heavy atom. The predicted molar refractivity (Wildman–Crippen MR) is 189 cm³/mol. The van der Waals surface area contributed by atoms with E-state index in [0.29, 0.717) is 61.1 Å². The van der Waals surface area contributed by atoms with Crippen LogP contribution in [0.25, 0.3) is 32.7 Å². The van der Waals surface area contributed by atoms with Crippen molar-refractivity contribution in [3.05, 3.63) is 76.9 Å². The number of nitrogens with zero attached hydrogens (tertiary/aromatic N) is 6. The Balaban J connectivity index is 1.03. The summed E-state index contributed by atoms with van der Waals surface area (Å²) in [4.78, 5) is 48.2. The van der Waals surface area contributed by atoms with Gasteiger partial charge in [-0.1, -0.05) is 30.3 Å². The highest BCUT2D eigenvalue weighted by atomic mass is 32.1. The number of carbonyl (C=O) groups is 2. The van der Waals surface area contributed by atoms with Gasteiger partial charge in [-0.3, -0.25) is 9.59 Å². The number of benzene rings is 2. The first kappa shape index (κ1) is 31.6. The van der Waals surface area contributed by atoms with Gasteiger partial charge in [0, 0.05) is 50.2 Å². The van der Waals surface area contributed by atoms with Crippen molar-refractivity contribution in [1.82, 2.24) is 25.3 Å². The van der Waals surface area contributed by atoms with Crippen LogP contribution < -0.4 is 20.9 Å². The van der Waals surface area contributed by atoms with Crippen LogP contribution in [-0.2, 0) is 22.4 Å². The lowest BCUT2D eigenvalue weighted by molar-refractivity contribution is -0.117. The number of carbonyl (C=O) groups excluding carboxylic acids is 2. The summed E-state index contributed by atoms with van der Waals surface area (Å²) in [6.45, 7) is 9.01. The number of aryl methyl sites for hydroxylation is 1. The van der Waals surface area contributed by atoms with Crippen molar-refractivity contribution in [2.24, 2.45) is 0 Å². The Kier molecular flexibility index (Phi) is 8.52. The van der Waals surface area contributed by atoms with Crippen LogP contribution in [0.1, 0.15) is 48.0 Å². The lowest BCUT2D eigenvalue weighted by Crippen LogP contribution is -2.50. The maximum Gasteiger partial charge on any atom is 0.261 e. The van der Waals surface area contributed by atoms with Gasteiger partial charge >= 0.3 is 0 Å². The highest BCUT2D eigenvalue weighted by molar-refractivity contribution is 7.21. The van der Waals surface area contributed by atoms with Crippen molar-refractivity contribution < 1.29 is 14.3 Å². The average Bonchev–Trinajstić information content (AvgIpc) is 3.53. The van der Waals surface area contributed by atoms with E-state index in [9.17, 15) is 9.59 Å². The normalized spacial score (nSPS) is 15.7. The van der Waals surface area contributed by atoms with Crippen LogP contribution in [0.15, 0.2) is 60.9 Å². The quantitative estimate of drug-likeness (QED) is 0.238. The van der Waals surface area contributed by atoms with Crippen molar-refractivity contribution in [3.8, 4) is 22.5 Å². The highest BCUT2D eigenvalue weighted by Gasteiger charge is 2.35. The molecule has 7 rings (SSSR count). The average molecular weight is 663 g/mol. The zero-order valence-corrected chi connectivity index (χ0v) is 28.1. The summed E-state index contributed by atoms with van der Waals surface area (Å²) in [7, 11) is 0. The number of fused-ring (bicyclic) bond motifs is 2. The first-order valence-corrected chi connectivity index (χ1v) is 17.0. The summed E-state index contributed by atoms with van der Waals surface area (Å²) in [5.41, 5.74) is 12.4. The van der Waals surface area contributed by atoms with Gasteiger partial charge in [0.15, 0.2) is 11.6 Å². The molecule has 3 aromatic heterocycles. The minimum atomic E-state index is -0.189. The number of ether oxygens (including phenoxy) is 1. The number of rotatable bonds is 7.